The van der Waals surface area contributed by atoms with Crippen LogP contribution in [-0.2, 0) is 6.54 Å². The highest BCUT2D eigenvalue weighted by molar-refractivity contribution is 7.09. The molecule has 0 aliphatic heterocycles. The minimum atomic E-state index is 0.780. The lowest BCUT2D eigenvalue weighted by Crippen LogP contribution is -1.98. The number of thiazole rings is 1. The summed E-state index contributed by atoms with van der Waals surface area (Å²) in [4.78, 5) is 4.25. The molecule has 19 heavy (non-hydrogen) atoms. The van der Waals surface area contributed by atoms with Gasteiger partial charge in [-0.05, 0) is 23.3 Å². The maximum atomic E-state index is 4.25. The lowest BCUT2D eigenvalue weighted by molar-refractivity contribution is 1.10. The molecule has 0 bridgehead atoms. The van der Waals surface area contributed by atoms with Gasteiger partial charge >= 0.3 is 0 Å². The summed E-state index contributed by atoms with van der Waals surface area (Å²) in [5.41, 5.74) is 3.60. The van der Waals surface area contributed by atoms with E-state index in [9.17, 15) is 0 Å². The van der Waals surface area contributed by atoms with Gasteiger partial charge in [0.15, 0.2) is 0 Å². The SMILES string of the molecule is c1ccc(-c2ccc(NCc3nccs3)cc2)cc1. The summed E-state index contributed by atoms with van der Waals surface area (Å²) >= 11 is 1.67. The second-order valence-electron chi connectivity index (χ2n) is 4.22. The van der Waals surface area contributed by atoms with Crippen LogP contribution in [0.3, 0.4) is 0 Å². The maximum Gasteiger partial charge on any atom is 0.112 e. The third kappa shape index (κ3) is 3.01. The highest BCUT2D eigenvalue weighted by Gasteiger charge is 1.98. The number of anilines is 1. The third-order valence-corrected chi connectivity index (χ3v) is 3.70. The Hall–Kier alpha value is -2.13. The number of hydrogen-bond acceptors (Lipinski definition) is 3. The first-order valence-corrected chi connectivity index (χ1v) is 7.07. The van der Waals surface area contributed by atoms with Crippen LogP contribution in [0.25, 0.3) is 11.1 Å². The molecule has 0 saturated heterocycles. The number of aromatic nitrogens is 1. The summed E-state index contributed by atoms with van der Waals surface area (Å²) in [6.07, 6.45) is 1.83. The maximum absolute atomic E-state index is 4.25. The average Bonchev–Trinajstić information content (AvgIpc) is 3.00. The van der Waals surface area contributed by atoms with Gasteiger partial charge in [-0.25, -0.2) is 4.98 Å². The molecule has 1 N–H and O–H groups in total. The average molecular weight is 266 g/mol. The van der Waals surface area contributed by atoms with Crippen molar-refractivity contribution in [2.45, 2.75) is 6.54 Å². The van der Waals surface area contributed by atoms with Crippen LogP contribution in [0.5, 0.6) is 0 Å². The fourth-order valence-corrected chi connectivity index (χ4v) is 2.49. The monoisotopic (exact) mass is 266 g/mol. The quantitative estimate of drug-likeness (QED) is 0.756. The van der Waals surface area contributed by atoms with Crippen molar-refractivity contribution in [2.24, 2.45) is 0 Å². The Morgan fingerprint density at radius 1 is 0.895 bits per heavy atom. The minimum absolute atomic E-state index is 0.780. The van der Waals surface area contributed by atoms with E-state index >= 15 is 0 Å². The highest BCUT2D eigenvalue weighted by Crippen LogP contribution is 2.21. The summed E-state index contributed by atoms with van der Waals surface area (Å²) in [5, 5.41) is 6.47. The Bertz CT molecular complexity index is 616. The van der Waals surface area contributed by atoms with E-state index in [1.54, 1.807) is 11.3 Å². The van der Waals surface area contributed by atoms with Crippen molar-refractivity contribution in [1.82, 2.24) is 4.98 Å². The van der Waals surface area contributed by atoms with Crippen LogP contribution in [0, 0.1) is 0 Å². The Labute approximate surface area is 116 Å². The molecule has 1 aromatic heterocycles. The number of nitrogens with one attached hydrogen (secondary N) is 1. The second-order valence-corrected chi connectivity index (χ2v) is 5.20. The zero-order valence-electron chi connectivity index (χ0n) is 10.4. The number of rotatable bonds is 4. The summed E-state index contributed by atoms with van der Waals surface area (Å²) in [6.45, 7) is 0.780. The van der Waals surface area contributed by atoms with E-state index in [0.29, 0.717) is 0 Å². The van der Waals surface area contributed by atoms with Gasteiger partial charge in [-0.3, -0.25) is 0 Å². The topological polar surface area (TPSA) is 24.9 Å². The molecule has 2 aromatic carbocycles. The highest BCUT2D eigenvalue weighted by atomic mass is 32.1. The molecule has 3 aromatic rings. The van der Waals surface area contributed by atoms with Crippen LogP contribution in [-0.4, -0.2) is 4.98 Å². The van der Waals surface area contributed by atoms with Gasteiger partial charge in [0.05, 0.1) is 6.54 Å². The van der Waals surface area contributed by atoms with E-state index in [1.807, 2.05) is 17.6 Å². The minimum Gasteiger partial charge on any atom is -0.379 e. The first kappa shape index (κ1) is 11.9. The van der Waals surface area contributed by atoms with Gasteiger partial charge in [0.1, 0.15) is 5.01 Å². The van der Waals surface area contributed by atoms with E-state index in [2.05, 4.69) is 58.8 Å². The first-order chi connectivity index (χ1) is 9.42. The molecule has 0 aliphatic rings. The van der Waals surface area contributed by atoms with Gasteiger partial charge in [-0.1, -0.05) is 42.5 Å². The molecule has 0 atom stereocenters. The van der Waals surface area contributed by atoms with E-state index in [1.165, 1.54) is 11.1 Å². The molecule has 94 valence electrons. The Morgan fingerprint density at radius 2 is 1.63 bits per heavy atom. The van der Waals surface area contributed by atoms with Gasteiger partial charge < -0.3 is 5.32 Å². The molecular weight excluding hydrogens is 252 g/mol. The van der Waals surface area contributed by atoms with Crippen molar-refractivity contribution < 1.29 is 0 Å². The number of hydrogen-bond donors (Lipinski definition) is 1. The van der Waals surface area contributed by atoms with Crippen LogP contribution < -0.4 is 5.32 Å². The van der Waals surface area contributed by atoms with Gasteiger partial charge in [-0.15, -0.1) is 11.3 Å². The van der Waals surface area contributed by atoms with Crippen molar-refractivity contribution in [3.8, 4) is 11.1 Å². The van der Waals surface area contributed by atoms with Crippen LogP contribution in [0.4, 0.5) is 5.69 Å². The van der Waals surface area contributed by atoms with Crippen LogP contribution in [0.15, 0.2) is 66.2 Å². The molecule has 3 rings (SSSR count). The lowest BCUT2D eigenvalue weighted by Gasteiger charge is -2.06. The fraction of sp³-hybridized carbons (Fsp3) is 0.0625. The molecule has 0 radical (unpaired) electrons. The van der Waals surface area contributed by atoms with Crippen molar-refractivity contribution in [3.63, 3.8) is 0 Å². The fourth-order valence-electron chi connectivity index (χ4n) is 1.93. The first-order valence-electron chi connectivity index (χ1n) is 6.19. The summed E-state index contributed by atoms with van der Waals surface area (Å²) < 4.78 is 0. The Balaban J connectivity index is 1.69. The van der Waals surface area contributed by atoms with Crippen LogP contribution in [0.1, 0.15) is 5.01 Å². The van der Waals surface area contributed by atoms with Gasteiger partial charge in [0.2, 0.25) is 0 Å². The van der Waals surface area contributed by atoms with Gasteiger partial charge in [-0.2, -0.15) is 0 Å². The summed E-state index contributed by atoms with van der Waals surface area (Å²) in [6, 6.07) is 18.9. The van der Waals surface area contributed by atoms with Crippen LogP contribution in [0.2, 0.25) is 0 Å². The Morgan fingerprint density at radius 3 is 2.32 bits per heavy atom. The lowest BCUT2D eigenvalue weighted by atomic mass is 10.1. The van der Waals surface area contributed by atoms with E-state index in [-0.39, 0.29) is 0 Å². The Kier molecular flexibility index (Phi) is 3.56. The number of benzene rings is 2. The molecule has 0 spiro atoms. The molecule has 3 heteroatoms. The number of nitrogens with zero attached hydrogens (tertiary/aromatic N) is 1. The zero-order valence-corrected chi connectivity index (χ0v) is 11.2. The molecule has 0 unspecified atom stereocenters. The van der Waals surface area contributed by atoms with E-state index < -0.39 is 0 Å². The molecule has 1 heterocycles. The predicted molar refractivity (Wildman–Crippen MR) is 81.3 cm³/mol. The van der Waals surface area contributed by atoms with Gasteiger partial charge in [0, 0.05) is 17.3 Å². The van der Waals surface area contributed by atoms with E-state index in [0.717, 1.165) is 17.2 Å². The predicted octanol–water partition coefficient (Wildman–Crippen LogP) is 4.42. The largest absolute Gasteiger partial charge is 0.379 e. The molecule has 0 aliphatic carbocycles. The van der Waals surface area contributed by atoms with Crippen molar-refractivity contribution in [1.29, 1.82) is 0 Å². The molecular formula is C16H14N2S. The van der Waals surface area contributed by atoms with Crippen LogP contribution >= 0.6 is 11.3 Å². The molecule has 0 amide bonds. The summed E-state index contributed by atoms with van der Waals surface area (Å²) in [5.74, 6) is 0. The normalized spacial score (nSPS) is 10.3. The smallest absolute Gasteiger partial charge is 0.112 e. The van der Waals surface area contributed by atoms with E-state index in [4.69, 9.17) is 0 Å². The second kappa shape index (κ2) is 5.67. The molecule has 0 saturated carbocycles. The standard InChI is InChI=1S/C16H14N2S/c1-2-4-13(5-3-1)14-6-8-15(9-7-14)18-12-16-17-10-11-19-16/h1-11,18H,12H2. The molecule has 2 nitrogen and oxygen atoms in total. The summed E-state index contributed by atoms with van der Waals surface area (Å²) in [7, 11) is 0. The van der Waals surface area contributed by atoms with Gasteiger partial charge in [0.25, 0.3) is 0 Å². The van der Waals surface area contributed by atoms with Crippen molar-refractivity contribution in [3.05, 3.63) is 71.2 Å². The third-order valence-electron chi connectivity index (χ3n) is 2.92. The van der Waals surface area contributed by atoms with Crippen molar-refractivity contribution in [2.75, 3.05) is 5.32 Å². The van der Waals surface area contributed by atoms with Crippen molar-refractivity contribution >= 4 is 17.0 Å². The molecule has 0 fully saturated rings. The zero-order chi connectivity index (χ0) is 12.9.